The Hall–Kier alpha value is -1.59. The summed E-state index contributed by atoms with van der Waals surface area (Å²) in [4.78, 5) is 24.1. The molecule has 0 aliphatic carbocycles. The van der Waals surface area contributed by atoms with Gasteiger partial charge in [-0.2, -0.15) is 0 Å². The third-order valence-electron chi connectivity index (χ3n) is 3.16. The highest BCUT2D eigenvalue weighted by molar-refractivity contribution is 6.30. The Labute approximate surface area is 123 Å². The smallest absolute Gasteiger partial charge is 0.320 e. The molecule has 1 aromatic carbocycles. The number of benzene rings is 1. The number of carboxylic acids is 1. The Balaban J connectivity index is 2.53. The van der Waals surface area contributed by atoms with Gasteiger partial charge in [0.2, 0.25) is 5.91 Å². The van der Waals surface area contributed by atoms with E-state index < -0.39 is 12.0 Å². The molecule has 1 rings (SSSR count). The molecule has 20 heavy (non-hydrogen) atoms. The second-order valence-corrected chi connectivity index (χ2v) is 5.21. The van der Waals surface area contributed by atoms with E-state index in [9.17, 15) is 9.59 Å². The van der Waals surface area contributed by atoms with Crippen LogP contribution in [0.3, 0.4) is 0 Å². The van der Waals surface area contributed by atoms with Crippen molar-refractivity contribution in [3.63, 3.8) is 0 Å². The van der Waals surface area contributed by atoms with Gasteiger partial charge in [0.25, 0.3) is 0 Å². The maximum absolute atomic E-state index is 11.9. The van der Waals surface area contributed by atoms with E-state index in [1.807, 2.05) is 19.1 Å². The summed E-state index contributed by atoms with van der Waals surface area (Å²) in [7, 11) is 1.60. The standard InChI is InChI=1S/C14H19ClN2O3/c1-9(11-4-6-12(15)7-5-11)16-13(18)8-17(3)10(2)14(19)20/h4-7,9-10H,8H2,1-3H3,(H,16,18)(H,19,20). The number of nitrogens with one attached hydrogen (secondary N) is 1. The Morgan fingerprint density at radius 2 is 1.85 bits per heavy atom. The molecule has 0 heterocycles. The first-order valence-electron chi connectivity index (χ1n) is 6.29. The highest BCUT2D eigenvalue weighted by atomic mass is 35.5. The zero-order valence-corrected chi connectivity index (χ0v) is 12.5. The van der Waals surface area contributed by atoms with Crippen LogP contribution in [0.4, 0.5) is 0 Å². The number of carbonyl (C=O) groups is 2. The van der Waals surface area contributed by atoms with Gasteiger partial charge in [-0.1, -0.05) is 23.7 Å². The summed E-state index contributed by atoms with van der Waals surface area (Å²) >= 11 is 5.81. The number of carbonyl (C=O) groups excluding carboxylic acids is 1. The van der Waals surface area contributed by atoms with Crippen molar-refractivity contribution in [2.75, 3.05) is 13.6 Å². The molecule has 2 atom stereocenters. The second-order valence-electron chi connectivity index (χ2n) is 4.77. The number of carboxylic acid groups (broad SMARTS) is 1. The summed E-state index contributed by atoms with van der Waals surface area (Å²) in [5, 5.41) is 12.3. The molecule has 0 bridgehead atoms. The van der Waals surface area contributed by atoms with Crippen molar-refractivity contribution in [1.29, 1.82) is 0 Å². The van der Waals surface area contributed by atoms with Crippen molar-refractivity contribution in [2.45, 2.75) is 25.9 Å². The van der Waals surface area contributed by atoms with Gasteiger partial charge >= 0.3 is 5.97 Å². The van der Waals surface area contributed by atoms with Gasteiger partial charge in [0, 0.05) is 5.02 Å². The predicted molar refractivity (Wildman–Crippen MR) is 77.7 cm³/mol. The number of halogens is 1. The molecule has 0 saturated heterocycles. The van der Waals surface area contributed by atoms with Crippen LogP contribution in [-0.2, 0) is 9.59 Å². The van der Waals surface area contributed by atoms with Crippen molar-refractivity contribution >= 4 is 23.5 Å². The van der Waals surface area contributed by atoms with Gasteiger partial charge in [0.05, 0.1) is 12.6 Å². The molecule has 0 aliphatic heterocycles. The molecule has 0 aliphatic rings. The van der Waals surface area contributed by atoms with E-state index in [1.165, 1.54) is 11.8 Å². The van der Waals surface area contributed by atoms with E-state index in [2.05, 4.69) is 5.32 Å². The third-order valence-corrected chi connectivity index (χ3v) is 3.41. The van der Waals surface area contributed by atoms with Gasteiger partial charge in [0.1, 0.15) is 6.04 Å². The van der Waals surface area contributed by atoms with Gasteiger partial charge < -0.3 is 10.4 Å². The monoisotopic (exact) mass is 298 g/mol. The van der Waals surface area contributed by atoms with Crippen LogP contribution < -0.4 is 5.32 Å². The summed E-state index contributed by atoms with van der Waals surface area (Å²) in [5.74, 6) is -1.17. The minimum atomic E-state index is -0.953. The van der Waals surface area contributed by atoms with E-state index in [4.69, 9.17) is 16.7 Å². The van der Waals surface area contributed by atoms with Crippen LogP contribution >= 0.6 is 11.6 Å². The van der Waals surface area contributed by atoms with E-state index in [0.717, 1.165) is 5.56 Å². The molecule has 0 spiro atoms. The maximum Gasteiger partial charge on any atom is 0.320 e. The first-order chi connectivity index (χ1) is 9.31. The summed E-state index contributed by atoms with van der Waals surface area (Å²) in [6.07, 6.45) is 0. The SMILES string of the molecule is CC(NC(=O)CN(C)C(C)C(=O)O)c1ccc(Cl)cc1. The average Bonchev–Trinajstić information content (AvgIpc) is 2.37. The topological polar surface area (TPSA) is 69.6 Å². The van der Waals surface area contributed by atoms with E-state index in [1.54, 1.807) is 19.2 Å². The lowest BCUT2D eigenvalue weighted by Crippen LogP contribution is -2.43. The Morgan fingerprint density at radius 1 is 1.30 bits per heavy atom. The molecule has 0 fully saturated rings. The minimum Gasteiger partial charge on any atom is -0.480 e. The number of rotatable bonds is 6. The summed E-state index contributed by atoms with van der Waals surface area (Å²) < 4.78 is 0. The predicted octanol–water partition coefficient (Wildman–Crippen LogP) is 1.92. The third kappa shape index (κ3) is 4.83. The van der Waals surface area contributed by atoms with Crippen molar-refractivity contribution in [1.82, 2.24) is 10.2 Å². The van der Waals surface area contributed by atoms with E-state index in [-0.39, 0.29) is 18.5 Å². The molecule has 1 aromatic rings. The largest absolute Gasteiger partial charge is 0.480 e. The minimum absolute atomic E-state index is 0.0331. The summed E-state index contributed by atoms with van der Waals surface area (Å²) in [5.41, 5.74) is 0.941. The van der Waals surface area contributed by atoms with Crippen LogP contribution in [0, 0.1) is 0 Å². The zero-order chi connectivity index (χ0) is 15.3. The Bertz CT molecular complexity index is 476. The number of aliphatic carboxylic acids is 1. The van der Waals surface area contributed by atoms with Crippen LogP contribution in [0.15, 0.2) is 24.3 Å². The van der Waals surface area contributed by atoms with Crippen molar-refractivity contribution in [2.24, 2.45) is 0 Å². The van der Waals surface area contributed by atoms with Crippen molar-refractivity contribution in [3.8, 4) is 0 Å². The zero-order valence-electron chi connectivity index (χ0n) is 11.8. The maximum atomic E-state index is 11.9. The van der Waals surface area contributed by atoms with Crippen LogP contribution in [0.25, 0.3) is 0 Å². The fourth-order valence-electron chi connectivity index (χ4n) is 1.67. The fraction of sp³-hybridized carbons (Fsp3) is 0.429. The molecule has 5 nitrogen and oxygen atoms in total. The molecule has 6 heteroatoms. The van der Waals surface area contributed by atoms with Gasteiger partial charge in [-0.15, -0.1) is 0 Å². The van der Waals surface area contributed by atoms with Crippen LogP contribution in [0.2, 0.25) is 5.02 Å². The first kappa shape index (κ1) is 16.5. The Kier molecular flexibility index (Phi) is 5.98. The number of hydrogen-bond acceptors (Lipinski definition) is 3. The average molecular weight is 299 g/mol. The van der Waals surface area contributed by atoms with E-state index in [0.29, 0.717) is 5.02 Å². The van der Waals surface area contributed by atoms with Gasteiger partial charge in [-0.3, -0.25) is 14.5 Å². The molecule has 0 radical (unpaired) electrons. The number of nitrogens with zero attached hydrogens (tertiary/aromatic N) is 1. The van der Waals surface area contributed by atoms with E-state index >= 15 is 0 Å². The van der Waals surface area contributed by atoms with Gasteiger partial charge in [0.15, 0.2) is 0 Å². The van der Waals surface area contributed by atoms with Crippen LogP contribution in [0.5, 0.6) is 0 Å². The molecule has 0 aromatic heterocycles. The van der Waals surface area contributed by atoms with Gasteiger partial charge in [-0.25, -0.2) is 0 Å². The number of amides is 1. The summed E-state index contributed by atoms with van der Waals surface area (Å²) in [6, 6.07) is 6.35. The lowest BCUT2D eigenvalue weighted by molar-refractivity contribution is -0.142. The summed E-state index contributed by atoms with van der Waals surface area (Å²) in [6.45, 7) is 3.44. The molecular formula is C14H19ClN2O3. The highest BCUT2D eigenvalue weighted by Gasteiger charge is 2.19. The molecular weight excluding hydrogens is 280 g/mol. The molecule has 2 unspecified atom stereocenters. The molecule has 2 N–H and O–H groups in total. The lowest BCUT2D eigenvalue weighted by atomic mass is 10.1. The fourth-order valence-corrected chi connectivity index (χ4v) is 1.80. The molecule has 1 amide bonds. The Morgan fingerprint density at radius 3 is 2.35 bits per heavy atom. The number of hydrogen-bond donors (Lipinski definition) is 2. The van der Waals surface area contributed by atoms with Crippen molar-refractivity contribution < 1.29 is 14.7 Å². The normalized spacial score (nSPS) is 13.8. The number of likely N-dealkylation sites (N-methyl/N-ethyl adjacent to an activating group) is 1. The molecule has 110 valence electrons. The van der Waals surface area contributed by atoms with Gasteiger partial charge in [-0.05, 0) is 38.6 Å². The second kappa shape index (κ2) is 7.26. The van der Waals surface area contributed by atoms with Crippen LogP contribution in [-0.4, -0.2) is 41.5 Å². The molecule has 0 saturated carbocycles. The quantitative estimate of drug-likeness (QED) is 0.842. The highest BCUT2D eigenvalue weighted by Crippen LogP contribution is 2.15. The lowest BCUT2D eigenvalue weighted by Gasteiger charge is -2.22. The first-order valence-corrected chi connectivity index (χ1v) is 6.67. The van der Waals surface area contributed by atoms with Crippen molar-refractivity contribution in [3.05, 3.63) is 34.9 Å². The van der Waals surface area contributed by atoms with Crippen LogP contribution in [0.1, 0.15) is 25.5 Å².